The normalized spacial score (nSPS) is 40.4. The lowest BCUT2D eigenvalue weighted by Crippen LogP contribution is -2.60. The summed E-state index contributed by atoms with van der Waals surface area (Å²) in [6.45, 7) is 15.2. The lowest BCUT2D eigenvalue weighted by Gasteiger charge is -2.51. The molecule has 1 saturated heterocycles. The van der Waals surface area contributed by atoms with Crippen molar-refractivity contribution in [1.29, 1.82) is 0 Å². The van der Waals surface area contributed by atoms with Gasteiger partial charge in [-0.2, -0.15) is 0 Å². The van der Waals surface area contributed by atoms with E-state index in [1.165, 1.54) is 32.4 Å². The minimum Gasteiger partial charge on any atom is -0.330 e. The van der Waals surface area contributed by atoms with Crippen molar-refractivity contribution in [3.05, 3.63) is 0 Å². The van der Waals surface area contributed by atoms with E-state index in [-0.39, 0.29) is 0 Å². The molecule has 0 aromatic rings. The lowest BCUT2D eigenvalue weighted by atomic mass is 9.67. The van der Waals surface area contributed by atoms with E-state index in [9.17, 15) is 0 Å². The van der Waals surface area contributed by atoms with Crippen molar-refractivity contribution in [2.24, 2.45) is 23.0 Å². The number of nitrogens with zero attached hydrogens (tertiary/aromatic N) is 2. The van der Waals surface area contributed by atoms with Crippen LogP contribution in [0.1, 0.15) is 53.9 Å². The second kappa shape index (κ2) is 6.55. The summed E-state index contributed by atoms with van der Waals surface area (Å²) >= 11 is 0. The fraction of sp³-hybridized carbons (Fsp3) is 1.00. The van der Waals surface area contributed by atoms with E-state index < -0.39 is 0 Å². The Labute approximate surface area is 132 Å². The third-order valence-electron chi connectivity index (χ3n) is 6.34. The molecular weight excluding hydrogens is 258 g/mol. The van der Waals surface area contributed by atoms with Gasteiger partial charge in [-0.1, -0.05) is 20.8 Å². The zero-order chi connectivity index (χ0) is 15.8. The zero-order valence-corrected chi connectivity index (χ0v) is 15.1. The molecule has 1 aliphatic carbocycles. The van der Waals surface area contributed by atoms with Crippen molar-refractivity contribution >= 4 is 0 Å². The van der Waals surface area contributed by atoms with E-state index in [0.29, 0.717) is 29.5 Å². The van der Waals surface area contributed by atoms with Crippen LogP contribution in [0.4, 0.5) is 0 Å². The standard InChI is InChI=1S/C18H37N3/c1-13-11-21(12-14(2)20(13)6)17-9-16(18(3,4)5)8-7-15(17)10-19/h13-17H,7-12,19H2,1-6H3. The number of hydrogen-bond acceptors (Lipinski definition) is 3. The molecule has 3 nitrogen and oxygen atoms in total. The summed E-state index contributed by atoms with van der Waals surface area (Å²) < 4.78 is 0. The number of hydrogen-bond donors (Lipinski definition) is 1. The minimum absolute atomic E-state index is 0.432. The molecule has 124 valence electrons. The van der Waals surface area contributed by atoms with Gasteiger partial charge in [-0.15, -0.1) is 0 Å². The molecule has 0 aromatic heterocycles. The van der Waals surface area contributed by atoms with Crippen LogP contribution in [0.25, 0.3) is 0 Å². The maximum Gasteiger partial charge on any atom is 0.0195 e. The molecule has 21 heavy (non-hydrogen) atoms. The van der Waals surface area contributed by atoms with E-state index in [4.69, 9.17) is 5.73 Å². The molecule has 5 unspecified atom stereocenters. The number of piperazine rings is 1. The van der Waals surface area contributed by atoms with Gasteiger partial charge in [0.1, 0.15) is 0 Å². The van der Waals surface area contributed by atoms with Gasteiger partial charge in [-0.05, 0) is 64.0 Å². The summed E-state index contributed by atoms with van der Waals surface area (Å²) in [5.74, 6) is 1.54. The predicted octanol–water partition coefficient (Wildman–Crippen LogP) is 2.80. The van der Waals surface area contributed by atoms with E-state index >= 15 is 0 Å². The zero-order valence-electron chi connectivity index (χ0n) is 15.1. The second-order valence-corrected chi connectivity index (χ2v) is 8.76. The number of rotatable bonds is 2. The Morgan fingerprint density at radius 3 is 2.10 bits per heavy atom. The highest BCUT2D eigenvalue weighted by atomic mass is 15.3. The molecule has 0 amide bonds. The average molecular weight is 296 g/mol. The molecule has 5 atom stereocenters. The molecule has 1 aliphatic heterocycles. The Hall–Kier alpha value is -0.120. The van der Waals surface area contributed by atoms with Gasteiger partial charge < -0.3 is 5.73 Å². The maximum atomic E-state index is 6.11. The Balaban J connectivity index is 2.10. The summed E-state index contributed by atoms with van der Waals surface area (Å²) in [6, 6.07) is 2.01. The predicted molar refractivity (Wildman–Crippen MR) is 91.4 cm³/mol. The highest BCUT2D eigenvalue weighted by molar-refractivity contribution is 4.94. The molecule has 2 fully saturated rings. The van der Waals surface area contributed by atoms with Crippen LogP contribution in [0, 0.1) is 17.3 Å². The van der Waals surface area contributed by atoms with Crippen molar-refractivity contribution in [2.45, 2.75) is 72.0 Å². The van der Waals surface area contributed by atoms with E-state index in [1.807, 2.05) is 0 Å². The van der Waals surface area contributed by atoms with Crippen LogP contribution in [0.5, 0.6) is 0 Å². The van der Waals surface area contributed by atoms with Gasteiger partial charge in [-0.3, -0.25) is 9.80 Å². The number of likely N-dealkylation sites (N-methyl/N-ethyl adjacent to an activating group) is 1. The fourth-order valence-electron chi connectivity index (χ4n) is 4.43. The van der Waals surface area contributed by atoms with Crippen molar-refractivity contribution in [1.82, 2.24) is 9.80 Å². The van der Waals surface area contributed by atoms with Gasteiger partial charge >= 0.3 is 0 Å². The summed E-state index contributed by atoms with van der Waals surface area (Å²) in [5, 5.41) is 0. The van der Waals surface area contributed by atoms with Gasteiger partial charge in [-0.25, -0.2) is 0 Å². The van der Waals surface area contributed by atoms with Crippen LogP contribution >= 0.6 is 0 Å². The smallest absolute Gasteiger partial charge is 0.0195 e. The van der Waals surface area contributed by atoms with Crippen molar-refractivity contribution in [2.75, 3.05) is 26.7 Å². The topological polar surface area (TPSA) is 32.5 Å². The molecule has 3 heteroatoms. The first kappa shape index (κ1) is 17.2. The van der Waals surface area contributed by atoms with E-state index in [0.717, 1.165) is 12.5 Å². The molecule has 2 rings (SSSR count). The van der Waals surface area contributed by atoms with Crippen molar-refractivity contribution < 1.29 is 0 Å². The van der Waals surface area contributed by atoms with Crippen molar-refractivity contribution in [3.8, 4) is 0 Å². The summed E-state index contributed by atoms with van der Waals surface area (Å²) in [6.07, 6.45) is 4.02. The average Bonchev–Trinajstić information content (AvgIpc) is 2.42. The van der Waals surface area contributed by atoms with Gasteiger partial charge in [0.05, 0.1) is 0 Å². The van der Waals surface area contributed by atoms with Crippen LogP contribution < -0.4 is 5.73 Å². The summed E-state index contributed by atoms with van der Waals surface area (Å²) in [7, 11) is 2.27. The molecule has 1 saturated carbocycles. The highest BCUT2D eigenvalue weighted by Gasteiger charge is 2.40. The summed E-state index contributed by atoms with van der Waals surface area (Å²) in [5.41, 5.74) is 6.55. The third-order valence-corrected chi connectivity index (χ3v) is 6.34. The fourth-order valence-corrected chi connectivity index (χ4v) is 4.43. The first-order chi connectivity index (χ1) is 9.74. The van der Waals surface area contributed by atoms with Crippen LogP contribution in [-0.2, 0) is 0 Å². The molecule has 2 aliphatic rings. The molecule has 0 radical (unpaired) electrons. The Bertz CT molecular complexity index is 324. The Morgan fingerprint density at radius 1 is 1.05 bits per heavy atom. The SMILES string of the molecule is CC1CN(C2CC(C(C)(C)C)CCC2CN)CC(C)N1C. The van der Waals surface area contributed by atoms with E-state index in [2.05, 4.69) is 51.5 Å². The van der Waals surface area contributed by atoms with Gasteiger partial charge in [0.25, 0.3) is 0 Å². The highest BCUT2D eigenvalue weighted by Crippen LogP contribution is 2.42. The van der Waals surface area contributed by atoms with Gasteiger partial charge in [0.2, 0.25) is 0 Å². The molecule has 2 N–H and O–H groups in total. The quantitative estimate of drug-likeness (QED) is 0.850. The molecule has 0 spiro atoms. The van der Waals surface area contributed by atoms with Crippen LogP contribution in [-0.4, -0.2) is 54.6 Å². The molecule has 0 aromatic carbocycles. The van der Waals surface area contributed by atoms with E-state index in [1.54, 1.807) is 0 Å². The third kappa shape index (κ3) is 3.80. The first-order valence-electron chi connectivity index (χ1n) is 8.90. The van der Waals surface area contributed by atoms with Crippen LogP contribution in [0.3, 0.4) is 0 Å². The van der Waals surface area contributed by atoms with Crippen LogP contribution in [0.2, 0.25) is 0 Å². The maximum absolute atomic E-state index is 6.11. The minimum atomic E-state index is 0.432. The molecule has 1 heterocycles. The van der Waals surface area contributed by atoms with Gasteiger partial charge in [0, 0.05) is 31.2 Å². The monoisotopic (exact) mass is 295 g/mol. The van der Waals surface area contributed by atoms with Gasteiger partial charge in [0.15, 0.2) is 0 Å². The van der Waals surface area contributed by atoms with Crippen molar-refractivity contribution in [3.63, 3.8) is 0 Å². The number of nitrogens with two attached hydrogens (primary N) is 1. The second-order valence-electron chi connectivity index (χ2n) is 8.76. The lowest BCUT2D eigenvalue weighted by molar-refractivity contribution is -0.0162. The molecular formula is C18H37N3. The Kier molecular flexibility index (Phi) is 5.38. The first-order valence-corrected chi connectivity index (χ1v) is 8.90. The Morgan fingerprint density at radius 2 is 1.62 bits per heavy atom. The largest absolute Gasteiger partial charge is 0.330 e. The van der Waals surface area contributed by atoms with Crippen LogP contribution in [0.15, 0.2) is 0 Å². The summed E-state index contributed by atoms with van der Waals surface area (Å²) in [4.78, 5) is 5.29. The molecule has 0 bridgehead atoms.